The fourth-order valence-corrected chi connectivity index (χ4v) is 5.07. The van der Waals surface area contributed by atoms with Crippen molar-refractivity contribution in [2.24, 2.45) is 0 Å². The Morgan fingerprint density at radius 1 is 0.432 bits per heavy atom. The maximum Gasteiger partial charge on any atom is 0.130 e. The van der Waals surface area contributed by atoms with Crippen LogP contribution in [0.5, 0.6) is 11.5 Å². The van der Waals surface area contributed by atoms with E-state index in [0.717, 1.165) is 24.3 Å². The Bertz CT molecular complexity index is 767. The van der Waals surface area contributed by atoms with Gasteiger partial charge in [-0.1, -0.05) is 126 Å². The van der Waals surface area contributed by atoms with Gasteiger partial charge in [0.1, 0.15) is 11.5 Å². The topological polar surface area (TPSA) is 9.23 Å². The fourth-order valence-electron chi connectivity index (χ4n) is 5.07. The highest BCUT2D eigenvalue weighted by atomic mass is 16.5. The summed E-state index contributed by atoms with van der Waals surface area (Å²) in [5.41, 5.74) is 2.68. The van der Waals surface area contributed by atoms with Crippen LogP contribution in [-0.2, 0) is 12.8 Å². The molecule has 1 nitrogen and oxygen atoms in total. The van der Waals surface area contributed by atoms with E-state index in [1.165, 1.54) is 127 Å². The van der Waals surface area contributed by atoms with Gasteiger partial charge in [-0.05, 0) is 74.6 Å². The van der Waals surface area contributed by atoms with E-state index in [2.05, 4.69) is 61.7 Å². The van der Waals surface area contributed by atoms with E-state index in [-0.39, 0.29) is 0 Å². The van der Waals surface area contributed by atoms with E-state index in [0.29, 0.717) is 0 Å². The van der Waals surface area contributed by atoms with Gasteiger partial charge in [0.05, 0.1) is 0 Å². The Morgan fingerprint density at radius 3 is 1.14 bits per heavy atom. The number of hydrogen-bond donors (Lipinski definition) is 0. The summed E-state index contributed by atoms with van der Waals surface area (Å²) < 4.78 is 6.51. The predicted molar refractivity (Wildman–Crippen MR) is 164 cm³/mol. The second kappa shape index (κ2) is 21.8. The molecule has 0 atom stereocenters. The number of ether oxygens (including phenoxy) is 1. The number of hydrogen-bond acceptors (Lipinski definition) is 1. The van der Waals surface area contributed by atoms with E-state index < -0.39 is 0 Å². The maximum atomic E-state index is 6.51. The number of rotatable bonds is 24. The first kappa shape index (κ1) is 30.9. The summed E-state index contributed by atoms with van der Waals surface area (Å²) in [6, 6.07) is 17.3. The van der Waals surface area contributed by atoms with E-state index in [1.54, 1.807) is 0 Å². The average Bonchev–Trinajstić information content (AvgIpc) is 2.92. The van der Waals surface area contributed by atoms with Crippen LogP contribution in [0.15, 0.2) is 73.8 Å². The van der Waals surface area contributed by atoms with Crippen molar-refractivity contribution in [3.05, 3.63) is 85.0 Å². The molecule has 0 radical (unpaired) electrons. The Labute approximate surface area is 229 Å². The molecule has 37 heavy (non-hydrogen) atoms. The molecular weight excluding hydrogens is 448 g/mol. The van der Waals surface area contributed by atoms with Crippen LogP contribution in [0.4, 0.5) is 0 Å². The van der Waals surface area contributed by atoms with E-state index in [9.17, 15) is 0 Å². The lowest BCUT2D eigenvalue weighted by molar-refractivity contribution is 0.466. The van der Waals surface area contributed by atoms with Crippen LogP contribution in [0.3, 0.4) is 0 Å². The van der Waals surface area contributed by atoms with E-state index in [1.807, 2.05) is 12.2 Å². The molecule has 1 heteroatoms. The zero-order chi connectivity index (χ0) is 26.2. The molecule has 2 aromatic rings. The lowest BCUT2D eigenvalue weighted by Gasteiger charge is -2.14. The third-order valence-corrected chi connectivity index (χ3v) is 7.37. The molecule has 0 aliphatic heterocycles. The molecule has 0 N–H and O–H groups in total. The van der Waals surface area contributed by atoms with Gasteiger partial charge in [0.15, 0.2) is 0 Å². The summed E-state index contributed by atoms with van der Waals surface area (Å²) in [5.74, 6) is 2.07. The normalized spacial score (nSPS) is 10.9. The van der Waals surface area contributed by atoms with Crippen LogP contribution in [0.25, 0.3) is 0 Å². The molecule has 2 aromatic carbocycles. The average molecular weight is 503 g/mol. The Kier molecular flexibility index (Phi) is 18.2. The first-order valence-corrected chi connectivity index (χ1v) is 15.4. The third kappa shape index (κ3) is 14.9. The highest BCUT2D eigenvalue weighted by molar-refractivity contribution is 5.41. The van der Waals surface area contributed by atoms with Gasteiger partial charge in [0, 0.05) is 0 Å². The molecule has 0 fully saturated rings. The molecule has 0 aliphatic rings. The molecule has 2 rings (SSSR count). The van der Waals surface area contributed by atoms with E-state index >= 15 is 0 Å². The molecule has 0 aliphatic carbocycles. The van der Waals surface area contributed by atoms with Crippen molar-refractivity contribution in [3.63, 3.8) is 0 Å². The highest BCUT2D eigenvalue weighted by Gasteiger charge is 2.08. The van der Waals surface area contributed by atoms with Gasteiger partial charge in [-0.2, -0.15) is 0 Å². The van der Waals surface area contributed by atoms with Crippen LogP contribution in [0, 0.1) is 0 Å². The minimum Gasteiger partial charge on any atom is -0.457 e. The smallest absolute Gasteiger partial charge is 0.130 e. The van der Waals surface area contributed by atoms with Crippen molar-refractivity contribution >= 4 is 0 Å². The standard InChI is InChI=1S/C36H54O/c1-3-5-7-9-11-13-15-17-19-21-27-33-29-23-25-31-35(33)37-36-32-26-24-30-34(36)28-22-20-18-16-14-12-10-8-6-4-2/h3-4,23-26,29-32H,1-2,5-22,27-28H2. The maximum absolute atomic E-state index is 6.51. The SMILES string of the molecule is C=CCCCCCCCCCCc1ccccc1Oc1ccccc1CCCCCCCCCCC=C. The van der Waals surface area contributed by atoms with E-state index in [4.69, 9.17) is 4.74 Å². The highest BCUT2D eigenvalue weighted by Crippen LogP contribution is 2.30. The van der Waals surface area contributed by atoms with Crippen molar-refractivity contribution in [1.29, 1.82) is 0 Å². The van der Waals surface area contributed by atoms with Crippen LogP contribution in [-0.4, -0.2) is 0 Å². The molecule has 0 spiro atoms. The van der Waals surface area contributed by atoms with Gasteiger partial charge < -0.3 is 4.74 Å². The number of allylic oxidation sites excluding steroid dienone is 2. The van der Waals surface area contributed by atoms with Crippen LogP contribution in [0.2, 0.25) is 0 Å². The zero-order valence-corrected chi connectivity index (χ0v) is 23.7. The first-order chi connectivity index (χ1) is 18.3. The minimum atomic E-state index is 1.04. The largest absolute Gasteiger partial charge is 0.457 e. The van der Waals surface area contributed by atoms with Gasteiger partial charge in [-0.15, -0.1) is 13.2 Å². The van der Waals surface area contributed by atoms with Gasteiger partial charge in [0.2, 0.25) is 0 Å². The lowest BCUT2D eigenvalue weighted by atomic mass is 10.0. The molecule has 0 saturated heterocycles. The van der Waals surface area contributed by atoms with Crippen molar-refractivity contribution < 1.29 is 4.74 Å². The van der Waals surface area contributed by atoms with Crippen molar-refractivity contribution in [3.8, 4) is 11.5 Å². The van der Waals surface area contributed by atoms with Crippen LogP contribution < -0.4 is 4.74 Å². The summed E-state index contributed by atoms with van der Waals surface area (Å²) >= 11 is 0. The molecular formula is C36H54O. The zero-order valence-electron chi connectivity index (χ0n) is 23.7. The van der Waals surface area contributed by atoms with Gasteiger partial charge in [-0.3, -0.25) is 0 Å². The second-order valence-corrected chi connectivity index (χ2v) is 10.6. The number of aryl methyl sites for hydroxylation is 2. The summed E-state index contributed by atoms with van der Waals surface area (Å²) in [6.07, 6.45) is 30.0. The molecule has 0 aromatic heterocycles. The quantitative estimate of drug-likeness (QED) is 0.102. The van der Waals surface area contributed by atoms with Crippen molar-refractivity contribution in [2.75, 3.05) is 0 Å². The van der Waals surface area contributed by atoms with Crippen LogP contribution >= 0.6 is 0 Å². The Morgan fingerprint density at radius 2 is 0.757 bits per heavy atom. The van der Waals surface area contributed by atoms with Crippen molar-refractivity contribution in [2.45, 2.75) is 128 Å². The van der Waals surface area contributed by atoms with Crippen molar-refractivity contribution in [1.82, 2.24) is 0 Å². The first-order valence-electron chi connectivity index (χ1n) is 15.4. The van der Waals surface area contributed by atoms with Crippen LogP contribution in [0.1, 0.15) is 127 Å². The molecule has 0 bridgehead atoms. The molecule has 0 heterocycles. The van der Waals surface area contributed by atoms with Gasteiger partial charge in [-0.25, -0.2) is 0 Å². The molecule has 204 valence electrons. The lowest BCUT2D eigenvalue weighted by Crippen LogP contribution is -1.96. The molecule has 0 amide bonds. The number of para-hydroxylation sites is 2. The summed E-state index contributed by atoms with van der Waals surface area (Å²) in [6.45, 7) is 7.61. The third-order valence-electron chi connectivity index (χ3n) is 7.37. The van der Waals surface area contributed by atoms with Gasteiger partial charge >= 0.3 is 0 Å². The monoisotopic (exact) mass is 502 g/mol. The summed E-state index contributed by atoms with van der Waals surface area (Å²) in [4.78, 5) is 0. The molecule has 0 unspecified atom stereocenters. The number of benzene rings is 2. The second-order valence-electron chi connectivity index (χ2n) is 10.6. The molecule has 0 saturated carbocycles. The Balaban J connectivity index is 1.68. The Hall–Kier alpha value is -2.28. The summed E-state index contributed by atoms with van der Waals surface area (Å²) in [5, 5.41) is 0. The predicted octanol–water partition coefficient (Wildman–Crippen LogP) is 12.0. The number of unbranched alkanes of at least 4 members (excludes halogenated alkanes) is 16. The van der Waals surface area contributed by atoms with Gasteiger partial charge in [0.25, 0.3) is 0 Å². The minimum absolute atomic E-state index is 1.04. The fraction of sp³-hybridized carbons (Fsp3) is 0.556. The summed E-state index contributed by atoms with van der Waals surface area (Å²) in [7, 11) is 0.